The van der Waals surface area contributed by atoms with Gasteiger partial charge in [0.2, 0.25) is 0 Å². The predicted octanol–water partition coefficient (Wildman–Crippen LogP) is 3.40. The molecule has 2 aromatic carbocycles. The molecule has 1 aliphatic rings. The van der Waals surface area contributed by atoms with Crippen LogP contribution in [-0.4, -0.2) is 43.9 Å². The lowest BCUT2D eigenvalue weighted by Gasteiger charge is -2.22. The van der Waals surface area contributed by atoms with Gasteiger partial charge in [-0.1, -0.05) is 23.7 Å². The summed E-state index contributed by atoms with van der Waals surface area (Å²) in [6, 6.07) is 13.3. The molecule has 4 rings (SSSR count). The number of hydrogen-bond acceptors (Lipinski definition) is 4. The molecule has 136 valence electrons. The number of aliphatic hydroxyl groups is 1. The smallest absolute Gasteiger partial charge is 0.124 e. The summed E-state index contributed by atoms with van der Waals surface area (Å²) >= 11 is 6.00. The molecule has 0 saturated carbocycles. The zero-order valence-corrected chi connectivity index (χ0v) is 15.2. The van der Waals surface area contributed by atoms with Gasteiger partial charge >= 0.3 is 0 Å². The van der Waals surface area contributed by atoms with Crippen LogP contribution in [0.5, 0.6) is 5.75 Å². The van der Waals surface area contributed by atoms with E-state index in [0.717, 1.165) is 41.8 Å². The Kier molecular flexibility index (Phi) is 4.85. The standard InChI is InChI=1S/C20H22ClN3O2/c21-15-5-3-14(4-6-15)11-24-19-10-17(26)7-8-18(19)22-20(24)12-23-9-1-2-16(23)13-25/h3-8,10,16,25-26H,1-2,9,11-13H2. The molecule has 26 heavy (non-hydrogen) atoms. The number of phenols is 1. The molecule has 3 aromatic rings. The van der Waals surface area contributed by atoms with Crippen molar-refractivity contribution in [3.8, 4) is 5.75 Å². The number of rotatable bonds is 5. The fourth-order valence-electron chi connectivity index (χ4n) is 3.72. The highest BCUT2D eigenvalue weighted by molar-refractivity contribution is 6.30. The van der Waals surface area contributed by atoms with Crippen LogP contribution in [0.2, 0.25) is 5.02 Å². The lowest BCUT2D eigenvalue weighted by Crippen LogP contribution is -2.32. The Morgan fingerprint density at radius 1 is 1.12 bits per heavy atom. The zero-order chi connectivity index (χ0) is 18.1. The molecular formula is C20H22ClN3O2. The molecule has 6 heteroatoms. The van der Waals surface area contributed by atoms with Gasteiger partial charge in [0.05, 0.1) is 24.2 Å². The van der Waals surface area contributed by atoms with Gasteiger partial charge in [-0.2, -0.15) is 0 Å². The second-order valence-corrected chi connectivity index (χ2v) is 7.30. The third-order valence-electron chi connectivity index (χ3n) is 5.12. The topological polar surface area (TPSA) is 61.5 Å². The first-order valence-electron chi connectivity index (χ1n) is 8.91. The average molecular weight is 372 g/mol. The minimum absolute atomic E-state index is 0.179. The SMILES string of the molecule is OCC1CCCN1Cc1nc2ccc(O)cc2n1Cc1ccc(Cl)cc1. The number of aromatic nitrogens is 2. The van der Waals surface area contributed by atoms with Gasteiger partial charge in [0, 0.05) is 23.7 Å². The van der Waals surface area contributed by atoms with Crippen molar-refractivity contribution >= 4 is 22.6 Å². The molecule has 2 heterocycles. The van der Waals surface area contributed by atoms with Crippen LogP contribution in [0, 0.1) is 0 Å². The van der Waals surface area contributed by atoms with Crippen LogP contribution in [-0.2, 0) is 13.1 Å². The molecule has 2 N–H and O–H groups in total. The number of nitrogens with zero attached hydrogens (tertiary/aromatic N) is 3. The van der Waals surface area contributed by atoms with Crippen LogP contribution in [0.3, 0.4) is 0 Å². The van der Waals surface area contributed by atoms with Crippen LogP contribution >= 0.6 is 11.6 Å². The van der Waals surface area contributed by atoms with E-state index in [4.69, 9.17) is 16.6 Å². The molecule has 1 unspecified atom stereocenters. The van der Waals surface area contributed by atoms with E-state index in [0.29, 0.717) is 18.1 Å². The number of aliphatic hydroxyl groups excluding tert-OH is 1. The monoisotopic (exact) mass is 371 g/mol. The summed E-state index contributed by atoms with van der Waals surface area (Å²) in [6.45, 7) is 2.50. The van der Waals surface area contributed by atoms with Crippen LogP contribution in [0.25, 0.3) is 11.0 Å². The quantitative estimate of drug-likeness (QED) is 0.721. The molecule has 1 saturated heterocycles. The molecule has 1 aliphatic heterocycles. The van der Waals surface area contributed by atoms with Gasteiger partial charge in [-0.25, -0.2) is 4.98 Å². The molecule has 0 aliphatic carbocycles. The minimum atomic E-state index is 0.179. The highest BCUT2D eigenvalue weighted by atomic mass is 35.5. The van der Waals surface area contributed by atoms with E-state index in [-0.39, 0.29) is 18.4 Å². The Hall–Kier alpha value is -2.08. The Balaban J connectivity index is 1.72. The van der Waals surface area contributed by atoms with Crippen LogP contribution in [0.1, 0.15) is 24.2 Å². The van der Waals surface area contributed by atoms with Crippen LogP contribution in [0.4, 0.5) is 0 Å². The highest BCUT2D eigenvalue weighted by Gasteiger charge is 2.25. The van der Waals surface area contributed by atoms with Crippen molar-refractivity contribution in [2.45, 2.75) is 32.0 Å². The fourth-order valence-corrected chi connectivity index (χ4v) is 3.85. The summed E-state index contributed by atoms with van der Waals surface area (Å²) in [5.41, 5.74) is 2.90. The van der Waals surface area contributed by atoms with Gasteiger partial charge in [-0.15, -0.1) is 0 Å². The summed E-state index contributed by atoms with van der Waals surface area (Å²) in [7, 11) is 0. The Bertz CT molecular complexity index is 907. The Morgan fingerprint density at radius 3 is 2.69 bits per heavy atom. The van der Waals surface area contributed by atoms with Crippen molar-refractivity contribution in [2.75, 3.05) is 13.2 Å². The van der Waals surface area contributed by atoms with E-state index in [1.807, 2.05) is 30.3 Å². The molecule has 1 fully saturated rings. The number of halogens is 1. The van der Waals surface area contributed by atoms with Crippen molar-refractivity contribution < 1.29 is 10.2 Å². The molecule has 0 radical (unpaired) electrons. The Morgan fingerprint density at radius 2 is 1.92 bits per heavy atom. The fraction of sp³-hybridized carbons (Fsp3) is 0.350. The lowest BCUT2D eigenvalue weighted by atomic mass is 10.2. The average Bonchev–Trinajstić information content (AvgIpc) is 3.22. The summed E-state index contributed by atoms with van der Waals surface area (Å²) in [5.74, 6) is 1.18. The maximum Gasteiger partial charge on any atom is 0.124 e. The first-order valence-corrected chi connectivity index (χ1v) is 9.29. The molecule has 1 atom stereocenters. The van der Waals surface area contributed by atoms with E-state index in [9.17, 15) is 10.2 Å². The second-order valence-electron chi connectivity index (χ2n) is 6.86. The molecular weight excluding hydrogens is 350 g/mol. The predicted molar refractivity (Wildman–Crippen MR) is 102 cm³/mol. The second kappa shape index (κ2) is 7.27. The summed E-state index contributed by atoms with van der Waals surface area (Å²) in [6.07, 6.45) is 2.12. The van der Waals surface area contributed by atoms with Gasteiger partial charge in [0.15, 0.2) is 0 Å². The van der Waals surface area contributed by atoms with Gasteiger partial charge < -0.3 is 14.8 Å². The maximum atomic E-state index is 9.93. The summed E-state index contributed by atoms with van der Waals surface area (Å²) in [5, 5.41) is 20.2. The minimum Gasteiger partial charge on any atom is -0.508 e. The first kappa shape index (κ1) is 17.3. The van der Waals surface area contributed by atoms with Crippen molar-refractivity contribution in [2.24, 2.45) is 0 Å². The molecule has 0 bridgehead atoms. The Labute approximate surface area is 157 Å². The van der Waals surface area contributed by atoms with E-state index < -0.39 is 0 Å². The molecule has 1 aromatic heterocycles. The third kappa shape index (κ3) is 3.43. The van der Waals surface area contributed by atoms with Crippen molar-refractivity contribution in [1.29, 1.82) is 0 Å². The van der Waals surface area contributed by atoms with E-state index >= 15 is 0 Å². The first-order chi connectivity index (χ1) is 12.6. The summed E-state index contributed by atoms with van der Waals surface area (Å²) in [4.78, 5) is 7.09. The number of imidazole rings is 1. The lowest BCUT2D eigenvalue weighted by molar-refractivity contribution is 0.150. The zero-order valence-electron chi connectivity index (χ0n) is 14.5. The van der Waals surface area contributed by atoms with Crippen molar-refractivity contribution in [3.05, 3.63) is 58.9 Å². The van der Waals surface area contributed by atoms with Gasteiger partial charge in [0.25, 0.3) is 0 Å². The maximum absolute atomic E-state index is 9.93. The van der Waals surface area contributed by atoms with Crippen molar-refractivity contribution in [3.63, 3.8) is 0 Å². The molecule has 5 nitrogen and oxygen atoms in total. The van der Waals surface area contributed by atoms with Gasteiger partial charge in [-0.05, 0) is 49.2 Å². The van der Waals surface area contributed by atoms with E-state index in [1.165, 1.54) is 0 Å². The van der Waals surface area contributed by atoms with E-state index in [2.05, 4.69) is 9.47 Å². The number of phenolic OH excluding ortho intramolecular Hbond substituents is 1. The van der Waals surface area contributed by atoms with Gasteiger partial charge in [0.1, 0.15) is 11.6 Å². The number of fused-ring (bicyclic) bond motifs is 1. The van der Waals surface area contributed by atoms with E-state index in [1.54, 1.807) is 12.1 Å². The van der Waals surface area contributed by atoms with Crippen molar-refractivity contribution in [1.82, 2.24) is 14.5 Å². The number of likely N-dealkylation sites (tertiary alicyclic amines) is 1. The molecule has 0 spiro atoms. The highest BCUT2D eigenvalue weighted by Crippen LogP contribution is 2.26. The number of aromatic hydroxyl groups is 1. The summed E-state index contributed by atoms with van der Waals surface area (Å²) < 4.78 is 2.14. The largest absolute Gasteiger partial charge is 0.508 e. The number of benzene rings is 2. The van der Waals surface area contributed by atoms with Crippen LogP contribution < -0.4 is 0 Å². The van der Waals surface area contributed by atoms with Crippen LogP contribution in [0.15, 0.2) is 42.5 Å². The molecule has 0 amide bonds. The number of hydrogen-bond donors (Lipinski definition) is 2. The van der Waals surface area contributed by atoms with Gasteiger partial charge in [-0.3, -0.25) is 4.90 Å². The third-order valence-corrected chi connectivity index (χ3v) is 5.37. The normalized spacial score (nSPS) is 18.0.